The van der Waals surface area contributed by atoms with Crippen molar-refractivity contribution in [3.05, 3.63) is 59.4 Å². The molecule has 0 aliphatic heterocycles. The first-order valence-corrected chi connectivity index (χ1v) is 6.17. The molecule has 0 aliphatic carbocycles. The number of hydrogen-bond donors (Lipinski definition) is 1. The van der Waals surface area contributed by atoms with Crippen molar-refractivity contribution in [1.82, 2.24) is 0 Å². The van der Waals surface area contributed by atoms with Crippen LogP contribution in [0.4, 0.5) is 18.9 Å². The van der Waals surface area contributed by atoms with Crippen molar-refractivity contribution in [3.63, 3.8) is 0 Å². The molecule has 0 atom stereocenters. The molecule has 0 aliphatic rings. The van der Waals surface area contributed by atoms with Gasteiger partial charge in [0.15, 0.2) is 0 Å². The van der Waals surface area contributed by atoms with Crippen LogP contribution in [0.25, 0.3) is 0 Å². The second-order valence-corrected chi connectivity index (χ2v) is 4.70. The van der Waals surface area contributed by atoms with Crippen LogP contribution in [0.5, 0.6) is 0 Å². The smallest absolute Gasteiger partial charge is 0.150 e. The molecular formula is C13H10F3NS. The van der Waals surface area contributed by atoms with Crippen LogP contribution in [-0.4, -0.2) is 0 Å². The molecule has 5 heteroatoms. The minimum atomic E-state index is -0.649. The van der Waals surface area contributed by atoms with E-state index in [9.17, 15) is 13.2 Å². The molecule has 18 heavy (non-hydrogen) atoms. The zero-order valence-corrected chi connectivity index (χ0v) is 10.1. The van der Waals surface area contributed by atoms with Gasteiger partial charge in [0.1, 0.15) is 17.5 Å². The van der Waals surface area contributed by atoms with Gasteiger partial charge in [-0.3, -0.25) is 0 Å². The minimum absolute atomic E-state index is 0.0627. The summed E-state index contributed by atoms with van der Waals surface area (Å²) in [6.07, 6.45) is 0. The highest BCUT2D eigenvalue weighted by atomic mass is 32.2. The number of hydrogen-bond acceptors (Lipinski definition) is 2. The molecule has 94 valence electrons. The number of thioether (sulfide) groups is 1. The molecule has 0 radical (unpaired) electrons. The van der Waals surface area contributed by atoms with Gasteiger partial charge in [-0.1, -0.05) is 12.1 Å². The largest absolute Gasteiger partial charge is 0.396 e. The average Bonchev–Trinajstić information content (AvgIpc) is 2.33. The Balaban J connectivity index is 2.14. The summed E-state index contributed by atoms with van der Waals surface area (Å²) in [5.41, 5.74) is 5.89. The summed E-state index contributed by atoms with van der Waals surface area (Å²) in [4.78, 5) is 0.276. The van der Waals surface area contributed by atoms with Crippen LogP contribution in [0.15, 0.2) is 41.3 Å². The summed E-state index contributed by atoms with van der Waals surface area (Å²) in [6, 6.07) is 7.98. The first-order chi connectivity index (χ1) is 8.58. The van der Waals surface area contributed by atoms with Gasteiger partial charge >= 0.3 is 0 Å². The molecule has 0 aromatic heterocycles. The first kappa shape index (κ1) is 12.8. The molecule has 0 amide bonds. The standard InChI is InChI=1S/C13H10F3NS/c14-9-4-5-12(10(15)6-9)18-7-8-2-1-3-11(17)13(8)16/h1-6H,7,17H2. The molecule has 0 saturated carbocycles. The van der Waals surface area contributed by atoms with Crippen molar-refractivity contribution in [3.8, 4) is 0 Å². The van der Waals surface area contributed by atoms with Crippen LogP contribution in [0.1, 0.15) is 5.56 Å². The molecule has 0 heterocycles. The van der Waals surface area contributed by atoms with Gasteiger partial charge in [0.05, 0.1) is 5.69 Å². The summed E-state index contributed by atoms with van der Waals surface area (Å²) in [5.74, 6) is -1.54. The van der Waals surface area contributed by atoms with Gasteiger partial charge in [-0.2, -0.15) is 0 Å². The minimum Gasteiger partial charge on any atom is -0.396 e. The van der Waals surface area contributed by atoms with Crippen molar-refractivity contribution < 1.29 is 13.2 Å². The Labute approximate surface area is 107 Å². The second kappa shape index (κ2) is 5.35. The van der Waals surface area contributed by atoms with E-state index in [4.69, 9.17) is 5.73 Å². The molecule has 2 rings (SSSR count). The number of rotatable bonds is 3. The summed E-state index contributed by atoms with van der Waals surface area (Å²) < 4.78 is 39.6. The molecule has 2 N–H and O–H groups in total. The molecule has 0 spiro atoms. The number of nitrogen functional groups attached to an aromatic ring is 1. The number of benzene rings is 2. The zero-order chi connectivity index (χ0) is 13.1. The van der Waals surface area contributed by atoms with Crippen LogP contribution in [0.3, 0.4) is 0 Å². The van der Waals surface area contributed by atoms with Crippen LogP contribution < -0.4 is 5.73 Å². The monoisotopic (exact) mass is 269 g/mol. The van der Waals surface area contributed by atoms with Gasteiger partial charge in [-0.15, -0.1) is 11.8 Å². The molecule has 0 unspecified atom stereocenters. The maximum atomic E-state index is 13.6. The van der Waals surface area contributed by atoms with E-state index in [1.165, 1.54) is 18.2 Å². The molecule has 2 aromatic rings. The van der Waals surface area contributed by atoms with E-state index in [-0.39, 0.29) is 16.3 Å². The van der Waals surface area contributed by atoms with E-state index in [0.717, 1.165) is 17.8 Å². The molecular weight excluding hydrogens is 259 g/mol. The molecule has 0 fully saturated rings. The van der Waals surface area contributed by atoms with Gasteiger partial charge < -0.3 is 5.73 Å². The predicted octanol–water partition coefficient (Wildman–Crippen LogP) is 3.98. The Kier molecular flexibility index (Phi) is 3.81. The van der Waals surface area contributed by atoms with Gasteiger partial charge in [-0.25, -0.2) is 13.2 Å². The average molecular weight is 269 g/mol. The van der Waals surface area contributed by atoms with Crippen LogP contribution in [-0.2, 0) is 5.75 Å². The highest BCUT2D eigenvalue weighted by molar-refractivity contribution is 7.98. The number of halogens is 3. The topological polar surface area (TPSA) is 26.0 Å². The van der Waals surface area contributed by atoms with Crippen LogP contribution in [0.2, 0.25) is 0 Å². The molecule has 2 aromatic carbocycles. The summed E-state index contributed by atoms with van der Waals surface area (Å²) in [6.45, 7) is 0. The highest BCUT2D eigenvalue weighted by Crippen LogP contribution is 2.28. The van der Waals surface area contributed by atoms with E-state index in [2.05, 4.69) is 0 Å². The highest BCUT2D eigenvalue weighted by Gasteiger charge is 2.08. The molecule has 1 nitrogen and oxygen atoms in total. The van der Waals surface area contributed by atoms with Crippen molar-refractivity contribution in [1.29, 1.82) is 0 Å². The third kappa shape index (κ3) is 2.79. The maximum absolute atomic E-state index is 13.6. The van der Waals surface area contributed by atoms with Gasteiger partial charge in [0, 0.05) is 22.3 Å². The second-order valence-electron chi connectivity index (χ2n) is 3.68. The Hall–Kier alpha value is -1.62. The third-order valence-corrected chi connectivity index (χ3v) is 3.48. The predicted molar refractivity (Wildman–Crippen MR) is 66.7 cm³/mol. The van der Waals surface area contributed by atoms with Gasteiger partial charge in [-0.05, 0) is 18.2 Å². The SMILES string of the molecule is Nc1cccc(CSc2ccc(F)cc2F)c1F. The van der Waals surface area contributed by atoms with Crippen molar-refractivity contribution >= 4 is 17.4 Å². The van der Waals surface area contributed by atoms with Gasteiger partial charge in [0.2, 0.25) is 0 Å². The first-order valence-electron chi connectivity index (χ1n) is 5.18. The Morgan fingerprint density at radius 2 is 1.83 bits per heavy atom. The number of nitrogens with two attached hydrogens (primary N) is 1. The van der Waals surface area contributed by atoms with Crippen LogP contribution in [0, 0.1) is 17.5 Å². The van der Waals surface area contributed by atoms with E-state index in [1.807, 2.05) is 0 Å². The van der Waals surface area contributed by atoms with E-state index < -0.39 is 17.5 Å². The van der Waals surface area contributed by atoms with E-state index in [1.54, 1.807) is 12.1 Å². The summed E-state index contributed by atoms with van der Waals surface area (Å²) >= 11 is 1.09. The summed E-state index contributed by atoms with van der Waals surface area (Å²) in [5, 5.41) is 0. The Morgan fingerprint density at radius 1 is 1.06 bits per heavy atom. The summed E-state index contributed by atoms with van der Waals surface area (Å²) in [7, 11) is 0. The molecule has 0 saturated heterocycles. The maximum Gasteiger partial charge on any atom is 0.150 e. The zero-order valence-electron chi connectivity index (χ0n) is 9.29. The fraction of sp³-hybridized carbons (Fsp3) is 0.0769. The lowest BCUT2D eigenvalue weighted by atomic mass is 10.2. The quantitative estimate of drug-likeness (QED) is 0.673. The van der Waals surface area contributed by atoms with E-state index >= 15 is 0 Å². The number of anilines is 1. The van der Waals surface area contributed by atoms with Crippen molar-refractivity contribution in [2.24, 2.45) is 0 Å². The van der Waals surface area contributed by atoms with E-state index in [0.29, 0.717) is 5.56 Å². The lowest BCUT2D eigenvalue weighted by molar-refractivity contribution is 0.565. The van der Waals surface area contributed by atoms with Crippen molar-refractivity contribution in [2.45, 2.75) is 10.6 Å². The normalized spacial score (nSPS) is 10.6. The lowest BCUT2D eigenvalue weighted by Gasteiger charge is -2.06. The van der Waals surface area contributed by atoms with Crippen molar-refractivity contribution in [2.75, 3.05) is 5.73 Å². The Morgan fingerprint density at radius 3 is 2.56 bits per heavy atom. The van der Waals surface area contributed by atoms with Gasteiger partial charge in [0.25, 0.3) is 0 Å². The Bertz CT molecular complexity index is 572. The third-order valence-electron chi connectivity index (χ3n) is 2.39. The van der Waals surface area contributed by atoms with Crippen LogP contribution >= 0.6 is 11.8 Å². The molecule has 0 bridgehead atoms. The fourth-order valence-electron chi connectivity index (χ4n) is 1.46. The fourth-order valence-corrected chi connectivity index (χ4v) is 2.35. The lowest BCUT2D eigenvalue weighted by Crippen LogP contribution is -1.95.